The van der Waals surface area contributed by atoms with Crippen LogP contribution in [0.1, 0.15) is 19.4 Å². The van der Waals surface area contributed by atoms with Gasteiger partial charge in [0, 0.05) is 5.92 Å². The number of amidine groups is 2. The van der Waals surface area contributed by atoms with Crippen molar-refractivity contribution in [3.05, 3.63) is 59.7 Å². The van der Waals surface area contributed by atoms with Crippen LogP contribution in [-0.4, -0.2) is 42.5 Å². The number of aliphatic imine (C=N–C) groups is 1. The molecule has 0 atom stereocenters. The smallest absolute Gasteiger partial charge is 0.339 e. The van der Waals surface area contributed by atoms with Gasteiger partial charge in [0.25, 0.3) is 5.91 Å². The summed E-state index contributed by atoms with van der Waals surface area (Å²) in [6, 6.07) is 12.3. The van der Waals surface area contributed by atoms with Gasteiger partial charge in [0.2, 0.25) is 5.17 Å². The van der Waals surface area contributed by atoms with E-state index >= 15 is 0 Å². The fourth-order valence-corrected chi connectivity index (χ4v) is 4.86. The highest BCUT2D eigenvalue weighted by Crippen LogP contribution is 2.33. The molecule has 0 saturated heterocycles. The molecule has 9 nitrogen and oxygen atoms in total. The molecule has 4 rings (SSSR count). The van der Waals surface area contributed by atoms with Crippen molar-refractivity contribution in [2.24, 2.45) is 16.0 Å². The van der Waals surface area contributed by atoms with E-state index in [0.29, 0.717) is 10.7 Å². The Morgan fingerprint density at radius 3 is 2.52 bits per heavy atom. The normalized spacial score (nSPS) is 17.2. The van der Waals surface area contributed by atoms with Gasteiger partial charge in [-0.3, -0.25) is 10.2 Å². The zero-order chi connectivity index (χ0) is 23.8. The summed E-state index contributed by atoms with van der Waals surface area (Å²) >= 11 is 1.27. The van der Waals surface area contributed by atoms with Crippen LogP contribution in [0.5, 0.6) is 11.5 Å². The Bertz CT molecular complexity index is 1330. The van der Waals surface area contributed by atoms with Crippen LogP contribution < -0.4 is 8.92 Å². The van der Waals surface area contributed by atoms with E-state index in [1.807, 2.05) is 13.8 Å². The van der Waals surface area contributed by atoms with E-state index in [4.69, 9.17) is 14.3 Å². The third-order valence-corrected chi connectivity index (χ3v) is 7.15. The van der Waals surface area contributed by atoms with E-state index in [-0.39, 0.29) is 33.7 Å². The van der Waals surface area contributed by atoms with E-state index < -0.39 is 16.0 Å². The first-order valence-corrected chi connectivity index (χ1v) is 12.1. The highest BCUT2D eigenvalue weighted by Gasteiger charge is 2.36. The second-order valence-corrected chi connectivity index (χ2v) is 9.91. The minimum Gasteiger partial charge on any atom is -0.493 e. The van der Waals surface area contributed by atoms with Crippen LogP contribution in [0, 0.1) is 11.3 Å². The number of carbonyl (C=O) groups is 1. The summed E-state index contributed by atoms with van der Waals surface area (Å²) in [5.74, 6) is -0.345. The topological polar surface area (TPSA) is 121 Å². The van der Waals surface area contributed by atoms with Crippen molar-refractivity contribution in [3.8, 4) is 11.5 Å². The number of nitrogens with zero attached hydrogens (tertiary/aromatic N) is 3. The maximum atomic E-state index is 12.6. The zero-order valence-electron chi connectivity index (χ0n) is 18.0. The molecule has 2 aromatic carbocycles. The quantitative estimate of drug-likeness (QED) is 0.490. The number of nitrogens with one attached hydrogen (secondary N) is 1. The number of hydrazone groups is 1. The van der Waals surface area contributed by atoms with E-state index in [1.54, 1.807) is 24.3 Å². The van der Waals surface area contributed by atoms with Crippen molar-refractivity contribution in [1.29, 1.82) is 5.41 Å². The van der Waals surface area contributed by atoms with Gasteiger partial charge in [-0.05, 0) is 47.7 Å². The third kappa shape index (κ3) is 4.55. The number of carbonyl (C=O) groups excluding carboxylic acids is 1. The van der Waals surface area contributed by atoms with E-state index in [1.165, 1.54) is 54.2 Å². The molecule has 2 heterocycles. The molecule has 1 N–H and O–H groups in total. The molecule has 170 valence electrons. The van der Waals surface area contributed by atoms with Crippen molar-refractivity contribution >= 4 is 49.9 Å². The second-order valence-electron chi connectivity index (χ2n) is 7.37. The largest absolute Gasteiger partial charge is 0.493 e. The monoisotopic (exact) mass is 484 g/mol. The molecule has 2 aliphatic heterocycles. The Kier molecular flexibility index (Phi) is 6.09. The summed E-state index contributed by atoms with van der Waals surface area (Å²) in [6.45, 7) is 3.95. The molecule has 2 aliphatic rings. The van der Waals surface area contributed by atoms with Crippen LogP contribution in [0.2, 0.25) is 0 Å². The van der Waals surface area contributed by atoms with Gasteiger partial charge in [-0.1, -0.05) is 38.1 Å². The van der Waals surface area contributed by atoms with Crippen molar-refractivity contribution in [1.82, 2.24) is 5.01 Å². The number of thioether (sulfide) groups is 1. The SMILES string of the molecule is COc1cc(/C=C2\C(=N)N3N=C(C(C)C)SC3=NC2=O)ccc1OS(=O)(=O)c1ccccc1. The Balaban J connectivity index is 1.63. The molecule has 11 heteroatoms. The van der Waals surface area contributed by atoms with Crippen molar-refractivity contribution in [2.45, 2.75) is 18.7 Å². The third-order valence-electron chi connectivity index (χ3n) is 4.69. The number of benzene rings is 2. The molecule has 0 saturated carbocycles. The summed E-state index contributed by atoms with van der Waals surface area (Å²) in [5, 5.41) is 15.3. The maximum absolute atomic E-state index is 12.6. The Hall–Kier alpha value is -3.44. The summed E-state index contributed by atoms with van der Waals surface area (Å²) in [5.41, 5.74) is 0.559. The summed E-state index contributed by atoms with van der Waals surface area (Å²) in [7, 11) is -2.67. The average Bonchev–Trinajstić information content (AvgIpc) is 3.22. The predicted molar refractivity (Wildman–Crippen MR) is 127 cm³/mol. The number of ether oxygens (including phenoxy) is 1. The van der Waals surface area contributed by atoms with Crippen LogP contribution in [0.4, 0.5) is 0 Å². The molecule has 0 aromatic heterocycles. The number of methoxy groups -OCH3 is 1. The molecular formula is C22H20N4O5S2. The Morgan fingerprint density at radius 1 is 1.12 bits per heavy atom. The van der Waals surface area contributed by atoms with E-state index in [2.05, 4.69) is 10.1 Å². The average molecular weight is 485 g/mol. The van der Waals surface area contributed by atoms with Crippen molar-refractivity contribution < 1.29 is 22.1 Å². The molecule has 1 amide bonds. The summed E-state index contributed by atoms with van der Waals surface area (Å²) in [6.07, 6.45) is 1.48. The minimum atomic E-state index is -4.05. The number of hydrogen-bond acceptors (Lipinski definition) is 8. The van der Waals surface area contributed by atoms with Crippen molar-refractivity contribution in [3.63, 3.8) is 0 Å². The van der Waals surface area contributed by atoms with Gasteiger partial charge >= 0.3 is 10.1 Å². The first-order chi connectivity index (χ1) is 15.7. The molecule has 2 aromatic rings. The van der Waals surface area contributed by atoms with Crippen LogP contribution in [0.15, 0.2) is 69.1 Å². The fourth-order valence-electron chi connectivity index (χ4n) is 3.00. The molecular weight excluding hydrogens is 464 g/mol. The van der Waals surface area contributed by atoms with E-state index in [9.17, 15) is 13.2 Å². The number of hydrogen-bond donors (Lipinski definition) is 1. The van der Waals surface area contributed by atoms with Gasteiger partial charge < -0.3 is 8.92 Å². The highest BCUT2D eigenvalue weighted by atomic mass is 32.2. The van der Waals surface area contributed by atoms with Crippen molar-refractivity contribution in [2.75, 3.05) is 7.11 Å². The molecule has 0 unspecified atom stereocenters. The minimum absolute atomic E-state index is 0.00373. The predicted octanol–water partition coefficient (Wildman–Crippen LogP) is 3.74. The van der Waals surface area contributed by atoms with E-state index in [0.717, 1.165) is 5.04 Å². The van der Waals surface area contributed by atoms with Gasteiger partial charge in [-0.2, -0.15) is 23.5 Å². The molecule has 0 aliphatic carbocycles. The Labute approximate surface area is 195 Å². The first kappa shape index (κ1) is 22.7. The fraction of sp³-hybridized carbons (Fsp3) is 0.182. The number of amides is 1. The van der Waals surface area contributed by atoms with Crippen LogP contribution >= 0.6 is 11.8 Å². The zero-order valence-corrected chi connectivity index (χ0v) is 19.6. The lowest BCUT2D eigenvalue weighted by Crippen LogP contribution is -2.35. The molecule has 0 radical (unpaired) electrons. The molecule has 33 heavy (non-hydrogen) atoms. The second kappa shape index (κ2) is 8.83. The highest BCUT2D eigenvalue weighted by molar-refractivity contribution is 8.27. The number of fused-ring (bicyclic) bond motifs is 1. The molecule has 0 fully saturated rings. The van der Waals surface area contributed by atoms with Gasteiger partial charge in [0.1, 0.15) is 9.94 Å². The standard InChI is InChI=1S/C22H20N4O5S2/c1-13(2)21-25-26-19(23)16(20(27)24-22(26)32-21)11-14-9-10-17(18(12-14)30-3)31-33(28,29)15-7-5-4-6-8-15/h4-13,23H,1-3H3/b16-11+,23-19?. The lowest BCUT2D eigenvalue weighted by Gasteiger charge is -2.20. The first-order valence-electron chi connectivity index (χ1n) is 9.87. The molecule has 0 spiro atoms. The number of rotatable bonds is 6. The van der Waals surface area contributed by atoms with Crippen LogP contribution in [0.25, 0.3) is 6.08 Å². The van der Waals surface area contributed by atoms with Gasteiger partial charge in [-0.25, -0.2) is 0 Å². The lowest BCUT2D eigenvalue weighted by molar-refractivity contribution is -0.114. The van der Waals surface area contributed by atoms with Gasteiger partial charge in [0.15, 0.2) is 17.3 Å². The van der Waals surface area contributed by atoms with Gasteiger partial charge in [-0.15, -0.1) is 0 Å². The summed E-state index contributed by atoms with van der Waals surface area (Å²) in [4.78, 5) is 16.6. The Morgan fingerprint density at radius 2 is 1.85 bits per heavy atom. The molecule has 0 bridgehead atoms. The van der Waals surface area contributed by atoms with Crippen LogP contribution in [-0.2, 0) is 14.9 Å². The van der Waals surface area contributed by atoms with Crippen LogP contribution in [0.3, 0.4) is 0 Å². The summed E-state index contributed by atoms with van der Waals surface area (Å²) < 4.78 is 35.6. The lowest BCUT2D eigenvalue weighted by atomic mass is 10.1. The van der Waals surface area contributed by atoms with Gasteiger partial charge in [0.05, 0.1) is 12.7 Å². The maximum Gasteiger partial charge on any atom is 0.339 e.